The maximum Gasteiger partial charge on any atom is 0.0482 e. The van der Waals surface area contributed by atoms with Gasteiger partial charge in [0.15, 0.2) is 0 Å². The van der Waals surface area contributed by atoms with Crippen LogP contribution in [0.3, 0.4) is 0 Å². The lowest BCUT2D eigenvalue weighted by Gasteiger charge is -2.28. The fraction of sp³-hybridized carbons (Fsp3) is 0.250. The molecule has 2 nitrogen and oxygen atoms in total. The smallest absolute Gasteiger partial charge is 0.0482 e. The first kappa shape index (κ1) is 17.0. The topological polar surface area (TPSA) is 29.3 Å². The molecule has 0 aliphatic heterocycles. The average molecular weight is 433 g/mol. The lowest BCUT2D eigenvalue weighted by molar-refractivity contribution is 0.240. The summed E-state index contributed by atoms with van der Waals surface area (Å²) in [5, 5.41) is 0.723. The normalized spacial score (nSPS) is 12.7. The zero-order valence-corrected chi connectivity index (χ0v) is 15.6. The summed E-state index contributed by atoms with van der Waals surface area (Å²) in [4.78, 5) is 2.23. The van der Waals surface area contributed by atoms with E-state index in [2.05, 4.69) is 55.9 Å². The predicted molar refractivity (Wildman–Crippen MR) is 96.6 cm³/mol. The molecule has 0 aliphatic rings. The van der Waals surface area contributed by atoms with Gasteiger partial charge in [-0.3, -0.25) is 4.90 Å². The van der Waals surface area contributed by atoms with Crippen molar-refractivity contribution in [2.24, 2.45) is 5.73 Å². The number of halogens is 3. The lowest BCUT2D eigenvalue weighted by Crippen LogP contribution is -2.30. The molecule has 0 amide bonds. The first-order valence-corrected chi connectivity index (χ1v) is 8.58. The van der Waals surface area contributed by atoms with Crippen LogP contribution in [0.15, 0.2) is 51.4 Å². The van der Waals surface area contributed by atoms with Crippen LogP contribution >= 0.6 is 43.5 Å². The summed E-state index contributed by atoms with van der Waals surface area (Å²) < 4.78 is 2.14. The van der Waals surface area contributed by atoms with E-state index >= 15 is 0 Å². The first-order valence-electron chi connectivity index (χ1n) is 6.61. The van der Waals surface area contributed by atoms with E-state index in [1.165, 1.54) is 5.56 Å². The van der Waals surface area contributed by atoms with Crippen molar-refractivity contribution in [2.75, 3.05) is 13.6 Å². The molecular weight excluding hydrogens is 415 g/mol. The number of benzene rings is 2. The Kier molecular flexibility index (Phi) is 6.26. The zero-order chi connectivity index (χ0) is 15.4. The van der Waals surface area contributed by atoms with Crippen LogP contribution in [0.5, 0.6) is 0 Å². The van der Waals surface area contributed by atoms with Gasteiger partial charge < -0.3 is 5.73 Å². The van der Waals surface area contributed by atoms with E-state index in [1.807, 2.05) is 30.3 Å². The van der Waals surface area contributed by atoms with E-state index in [-0.39, 0.29) is 6.04 Å². The Morgan fingerprint density at radius 2 is 1.86 bits per heavy atom. The van der Waals surface area contributed by atoms with Crippen molar-refractivity contribution in [1.82, 2.24) is 4.90 Å². The van der Waals surface area contributed by atoms with Gasteiger partial charge in [-0.25, -0.2) is 0 Å². The van der Waals surface area contributed by atoms with E-state index in [9.17, 15) is 0 Å². The van der Waals surface area contributed by atoms with Gasteiger partial charge in [0.2, 0.25) is 0 Å². The Bertz CT molecular complexity index is 619. The minimum Gasteiger partial charge on any atom is -0.329 e. The van der Waals surface area contributed by atoms with Crippen molar-refractivity contribution < 1.29 is 0 Å². The fourth-order valence-electron chi connectivity index (χ4n) is 2.32. The summed E-state index contributed by atoms with van der Waals surface area (Å²) in [6.45, 7) is 1.34. The predicted octanol–water partition coefficient (Wildman–Crippen LogP) is 5.00. The van der Waals surface area contributed by atoms with Crippen molar-refractivity contribution in [3.05, 3.63) is 67.6 Å². The van der Waals surface area contributed by atoms with Crippen LogP contribution in [-0.4, -0.2) is 18.5 Å². The van der Waals surface area contributed by atoms with E-state index in [0.29, 0.717) is 6.54 Å². The number of nitrogens with zero attached hydrogens (tertiary/aromatic N) is 1. The van der Waals surface area contributed by atoms with Crippen LogP contribution in [0, 0.1) is 0 Å². The largest absolute Gasteiger partial charge is 0.329 e. The lowest BCUT2D eigenvalue weighted by atomic mass is 10.0. The zero-order valence-electron chi connectivity index (χ0n) is 11.7. The molecule has 2 aromatic rings. The third-order valence-electron chi connectivity index (χ3n) is 3.45. The van der Waals surface area contributed by atoms with Crippen LogP contribution in [0.4, 0.5) is 0 Å². The second-order valence-corrected chi connectivity index (χ2v) is 7.07. The molecule has 0 heterocycles. The Morgan fingerprint density at radius 3 is 2.52 bits per heavy atom. The summed E-state index contributed by atoms with van der Waals surface area (Å²) >= 11 is 13.3. The monoisotopic (exact) mass is 430 g/mol. The number of hydrogen-bond acceptors (Lipinski definition) is 2. The molecule has 2 N–H and O–H groups in total. The molecule has 0 spiro atoms. The average Bonchev–Trinajstić information content (AvgIpc) is 2.46. The van der Waals surface area contributed by atoms with Crippen LogP contribution in [0.25, 0.3) is 0 Å². The van der Waals surface area contributed by atoms with Gasteiger partial charge in [0, 0.05) is 33.1 Å². The number of nitrogens with two attached hydrogens (primary N) is 1. The fourth-order valence-corrected chi connectivity index (χ4v) is 3.42. The highest BCUT2D eigenvalue weighted by Crippen LogP contribution is 2.30. The Balaban J connectivity index is 2.25. The first-order chi connectivity index (χ1) is 10.0. The molecule has 21 heavy (non-hydrogen) atoms. The standard InChI is InChI=1S/C16H17Br2ClN2/c1-21(10-11-4-2-3-5-14(11)17)16(9-20)13-8-12(19)6-7-15(13)18/h2-8,16H,9-10,20H2,1H3. The molecule has 2 aromatic carbocycles. The molecule has 0 aliphatic carbocycles. The number of hydrogen-bond donors (Lipinski definition) is 1. The maximum atomic E-state index is 6.12. The van der Waals surface area contributed by atoms with Gasteiger partial charge in [-0.1, -0.05) is 61.7 Å². The van der Waals surface area contributed by atoms with Crippen molar-refractivity contribution in [3.63, 3.8) is 0 Å². The van der Waals surface area contributed by atoms with Gasteiger partial charge in [0.1, 0.15) is 0 Å². The van der Waals surface area contributed by atoms with Gasteiger partial charge in [-0.15, -0.1) is 0 Å². The molecule has 5 heteroatoms. The summed E-state index contributed by atoms with van der Waals surface area (Å²) in [5.41, 5.74) is 8.34. The molecule has 112 valence electrons. The highest BCUT2D eigenvalue weighted by atomic mass is 79.9. The van der Waals surface area contributed by atoms with Crippen LogP contribution in [0.1, 0.15) is 17.2 Å². The molecule has 0 saturated heterocycles. The van der Waals surface area contributed by atoms with Gasteiger partial charge in [-0.05, 0) is 42.4 Å². The Morgan fingerprint density at radius 1 is 1.14 bits per heavy atom. The third-order valence-corrected chi connectivity index (χ3v) is 5.18. The Labute approximate surface area is 147 Å². The second kappa shape index (κ2) is 7.75. The third kappa shape index (κ3) is 4.30. The van der Waals surface area contributed by atoms with Gasteiger partial charge in [0.25, 0.3) is 0 Å². The van der Waals surface area contributed by atoms with Gasteiger partial charge >= 0.3 is 0 Å². The molecule has 0 saturated carbocycles. The second-order valence-electron chi connectivity index (χ2n) is 4.92. The summed E-state index contributed by atoms with van der Waals surface area (Å²) in [6, 6.07) is 14.1. The molecular formula is C16H17Br2ClN2. The molecule has 1 unspecified atom stereocenters. The molecule has 0 aromatic heterocycles. The molecule has 0 fully saturated rings. The van der Waals surface area contributed by atoms with Crippen molar-refractivity contribution in [3.8, 4) is 0 Å². The quantitative estimate of drug-likeness (QED) is 0.721. The van der Waals surface area contributed by atoms with E-state index in [1.54, 1.807) is 0 Å². The van der Waals surface area contributed by atoms with Crippen LogP contribution < -0.4 is 5.73 Å². The number of rotatable bonds is 5. The van der Waals surface area contributed by atoms with Crippen LogP contribution in [0.2, 0.25) is 5.02 Å². The maximum absolute atomic E-state index is 6.12. The van der Waals surface area contributed by atoms with E-state index in [0.717, 1.165) is 26.1 Å². The molecule has 2 rings (SSSR count). The highest BCUT2D eigenvalue weighted by Gasteiger charge is 2.19. The van der Waals surface area contributed by atoms with Crippen LogP contribution in [-0.2, 0) is 6.54 Å². The van der Waals surface area contributed by atoms with Gasteiger partial charge in [0.05, 0.1) is 0 Å². The minimum absolute atomic E-state index is 0.102. The summed E-state index contributed by atoms with van der Waals surface area (Å²) in [7, 11) is 2.07. The minimum atomic E-state index is 0.102. The summed E-state index contributed by atoms with van der Waals surface area (Å²) in [5.74, 6) is 0. The van der Waals surface area contributed by atoms with E-state index < -0.39 is 0 Å². The number of likely N-dealkylation sites (N-methyl/N-ethyl adjacent to an activating group) is 1. The van der Waals surface area contributed by atoms with Crippen molar-refractivity contribution >= 4 is 43.5 Å². The summed E-state index contributed by atoms with van der Waals surface area (Å²) in [6.07, 6.45) is 0. The molecule has 1 atom stereocenters. The van der Waals surface area contributed by atoms with E-state index in [4.69, 9.17) is 17.3 Å². The van der Waals surface area contributed by atoms with Crippen molar-refractivity contribution in [1.29, 1.82) is 0 Å². The van der Waals surface area contributed by atoms with Gasteiger partial charge in [-0.2, -0.15) is 0 Å². The highest BCUT2D eigenvalue weighted by molar-refractivity contribution is 9.10. The molecule has 0 radical (unpaired) electrons. The SMILES string of the molecule is CN(Cc1ccccc1Br)C(CN)c1cc(Cl)ccc1Br. The molecule has 0 bridgehead atoms. The Hall–Kier alpha value is -0.390. The van der Waals surface area contributed by atoms with Crippen molar-refractivity contribution in [2.45, 2.75) is 12.6 Å².